The topological polar surface area (TPSA) is 34.9 Å². The minimum atomic E-state index is 0.628. The number of benzene rings is 1. The van der Waals surface area contributed by atoms with Crippen molar-refractivity contribution < 1.29 is 4.79 Å². The Kier molecular flexibility index (Phi) is 3.15. The SMILES string of the molecule is Cn1nc(CCc2ccccc2)cc1C=O. The third-order valence-electron chi connectivity index (χ3n) is 2.60. The fourth-order valence-corrected chi connectivity index (χ4v) is 1.69. The molecule has 1 aromatic heterocycles. The molecule has 16 heavy (non-hydrogen) atoms. The second-order valence-corrected chi connectivity index (χ2v) is 3.79. The van der Waals surface area contributed by atoms with Gasteiger partial charge in [-0.1, -0.05) is 30.3 Å². The zero-order chi connectivity index (χ0) is 11.4. The van der Waals surface area contributed by atoms with Crippen LogP contribution in [0, 0.1) is 0 Å². The van der Waals surface area contributed by atoms with Crippen molar-refractivity contribution >= 4 is 6.29 Å². The van der Waals surface area contributed by atoms with Crippen LogP contribution < -0.4 is 0 Å². The van der Waals surface area contributed by atoms with E-state index in [0.717, 1.165) is 24.8 Å². The molecule has 0 saturated carbocycles. The van der Waals surface area contributed by atoms with Crippen LogP contribution in [0.2, 0.25) is 0 Å². The molecular weight excluding hydrogens is 200 g/mol. The van der Waals surface area contributed by atoms with E-state index in [1.54, 1.807) is 11.7 Å². The van der Waals surface area contributed by atoms with Crippen molar-refractivity contribution in [2.24, 2.45) is 7.05 Å². The van der Waals surface area contributed by atoms with Crippen LogP contribution in [0.1, 0.15) is 21.7 Å². The second-order valence-electron chi connectivity index (χ2n) is 3.79. The predicted molar refractivity (Wildman–Crippen MR) is 62.4 cm³/mol. The molecule has 0 unspecified atom stereocenters. The van der Waals surface area contributed by atoms with Crippen molar-refractivity contribution in [3.8, 4) is 0 Å². The van der Waals surface area contributed by atoms with Crippen LogP contribution in [-0.2, 0) is 19.9 Å². The summed E-state index contributed by atoms with van der Waals surface area (Å²) in [7, 11) is 1.79. The summed E-state index contributed by atoms with van der Waals surface area (Å²) < 4.78 is 1.62. The van der Waals surface area contributed by atoms with Crippen LogP contribution in [0.15, 0.2) is 36.4 Å². The summed E-state index contributed by atoms with van der Waals surface area (Å²) in [6.07, 6.45) is 2.65. The van der Waals surface area contributed by atoms with Gasteiger partial charge in [0.1, 0.15) is 5.69 Å². The largest absolute Gasteiger partial charge is 0.296 e. The van der Waals surface area contributed by atoms with Crippen molar-refractivity contribution in [2.45, 2.75) is 12.8 Å². The number of aldehydes is 1. The molecule has 82 valence electrons. The number of hydrogen-bond acceptors (Lipinski definition) is 2. The average Bonchev–Trinajstić information content (AvgIpc) is 2.69. The highest BCUT2D eigenvalue weighted by Gasteiger charge is 2.03. The Morgan fingerprint density at radius 3 is 2.62 bits per heavy atom. The molecule has 0 atom stereocenters. The van der Waals surface area contributed by atoms with Gasteiger partial charge in [0.25, 0.3) is 0 Å². The third kappa shape index (κ3) is 2.37. The van der Waals surface area contributed by atoms with Gasteiger partial charge in [-0.2, -0.15) is 5.10 Å². The van der Waals surface area contributed by atoms with Gasteiger partial charge in [0.15, 0.2) is 6.29 Å². The van der Waals surface area contributed by atoms with Gasteiger partial charge in [-0.15, -0.1) is 0 Å². The Balaban J connectivity index is 2.02. The van der Waals surface area contributed by atoms with E-state index in [9.17, 15) is 4.79 Å². The first-order valence-electron chi connectivity index (χ1n) is 5.31. The van der Waals surface area contributed by atoms with Crippen molar-refractivity contribution in [1.29, 1.82) is 0 Å². The molecule has 0 amide bonds. The van der Waals surface area contributed by atoms with Gasteiger partial charge in [0.2, 0.25) is 0 Å². The molecule has 1 heterocycles. The first-order valence-corrected chi connectivity index (χ1v) is 5.31. The van der Waals surface area contributed by atoms with Crippen LogP contribution in [0.4, 0.5) is 0 Å². The molecule has 0 radical (unpaired) electrons. The molecule has 2 aromatic rings. The lowest BCUT2D eigenvalue weighted by molar-refractivity contribution is 0.111. The fraction of sp³-hybridized carbons (Fsp3) is 0.231. The predicted octanol–water partition coefficient (Wildman–Crippen LogP) is 2.02. The molecule has 0 saturated heterocycles. The summed E-state index contributed by atoms with van der Waals surface area (Å²) in [5.41, 5.74) is 2.89. The number of carbonyl (C=O) groups excluding carboxylic acids is 1. The highest BCUT2D eigenvalue weighted by atomic mass is 16.1. The average molecular weight is 214 g/mol. The van der Waals surface area contributed by atoms with Gasteiger partial charge < -0.3 is 0 Å². The van der Waals surface area contributed by atoms with Crippen molar-refractivity contribution in [3.63, 3.8) is 0 Å². The fourth-order valence-electron chi connectivity index (χ4n) is 1.69. The Labute approximate surface area is 94.7 Å². The maximum atomic E-state index is 10.7. The monoisotopic (exact) mass is 214 g/mol. The normalized spacial score (nSPS) is 10.3. The van der Waals surface area contributed by atoms with E-state index in [1.165, 1.54) is 5.56 Å². The summed E-state index contributed by atoms with van der Waals surface area (Å²) in [4.78, 5) is 10.7. The number of hydrogen-bond donors (Lipinski definition) is 0. The lowest BCUT2D eigenvalue weighted by Gasteiger charge is -1.97. The molecule has 2 rings (SSSR count). The van der Waals surface area contributed by atoms with Gasteiger partial charge >= 0.3 is 0 Å². The van der Waals surface area contributed by atoms with Crippen LogP contribution in [-0.4, -0.2) is 16.1 Å². The van der Waals surface area contributed by atoms with Gasteiger partial charge in [-0.3, -0.25) is 9.48 Å². The zero-order valence-corrected chi connectivity index (χ0v) is 9.26. The highest BCUT2D eigenvalue weighted by Crippen LogP contribution is 2.07. The standard InChI is InChI=1S/C13H14N2O/c1-15-13(10-16)9-12(14-15)8-7-11-5-3-2-4-6-11/h2-6,9-10H,7-8H2,1H3. The van der Waals surface area contributed by atoms with E-state index in [0.29, 0.717) is 5.69 Å². The summed E-state index contributed by atoms with van der Waals surface area (Å²) in [6.45, 7) is 0. The number of rotatable bonds is 4. The van der Waals surface area contributed by atoms with E-state index in [-0.39, 0.29) is 0 Å². The maximum absolute atomic E-state index is 10.7. The van der Waals surface area contributed by atoms with E-state index < -0.39 is 0 Å². The van der Waals surface area contributed by atoms with Gasteiger partial charge in [0, 0.05) is 7.05 Å². The number of carbonyl (C=O) groups is 1. The summed E-state index contributed by atoms with van der Waals surface area (Å²) in [5.74, 6) is 0. The summed E-state index contributed by atoms with van der Waals surface area (Å²) in [6, 6.07) is 12.1. The van der Waals surface area contributed by atoms with Crippen LogP contribution in [0.3, 0.4) is 0 Å². The maximum Gasteiger partial charge on any atom is 0.168 e. The van der Waals surface area contributed by atoms with E-state index >= 15 is 0 Å². The molecule has 0 aliphatic heterocycles. The molecule has 0 bridgehead atoms. The Hall–Kier alpha value is -1.90. The molecule has 0 spiro atoms. The van der Waals surface area contributed by atoms with E-state index in [4.69, 9.17) is 0 Å². The van der Waals surface area contributed by atoms with Crippen molar-refractivity contribution in [1.82, 2.24) is 9.78 Å². The van der Waals surface area contributed by atoms with Crippen LogP contribution in [0.25, 0.3) is 0 Å². The lowest BCUT2D eigenvalue weighted by Crippen LogP contribution is -1.97. The zero-order valence-electron chi connectivity index (χ0n) is 9.26. The van der Waals surface area contributed by atoms with Crippen molar-refractivity contribution in [3.05, 3.63) is 53.3 Å². The van der Waals surface area contributed by atoms with Gasteiger partial charge in [-0.05, 0) is 24.5 Å². The summed E-state index contributed by atoms with van der Waals surface area (Å²) >= 11 is 0. The molecule has 0 fully saturated rings. The van der Waals surface area contributed by atoms with E-state index in [2.05, 4.69) is 17.2 Å². The Morgan fingerprint density at radius 1 is 1.25 bits per heavy atom. The molecular formula is C13H14N2O. The number of aryl methyl sites for hydroxylation is 3. The minimum Gasteiger partial charge on any atom is -0.296 e. The van der Waals surface area contributed by atoms with E-state index in [1.807, 2.05) is 24.3 Å². The minimum absolute atomic E-state index is 0.628. The van der Waals surface area contributed by atoms with Gasteiger partial charge in [0.05, 0.1) is 5.69 Å². The first-order chi connectivity index (χ1) is 7.79. The Bertz CT molecular complexity index is 474. The second kappa shape index (κ2) is 4.75. The molecule has 0 aliphatic rings. The molecule has 3 heteroatoms. The van der Waals surface area contributed by atoms with Crippen LogP contribution >= 0.6 is 0 Å². The quantitative estimate of drug-likeness (QED) is 0.730. The van der Waals surface area contributed by atoms with Gasteiger partial charge in [-0.25, -0.2) is 0 Å². The smallest absolute Gasteiger partial charge is 0.168 e. The summed E-state index contributed by atoms with van der Waals surface area (Å²) in [5, 5.41) is 4.28. The Morgan fingerprint density at radius 2 is 2.00 bits per heavy atom. The first kappa shape index (κ1) is 10.6. The highest BCUT2D eigenvalue weighted by molar-refractivity contribution is 5.72. The third-order valence-corrected chi connectivity index (χ3v) is 2.60. The molecule has 0 N–H and O–H groups in total. The number of nitrogens with zero attached hydrogens (tertiary/aromatic N) is 2. The molecule has 1 aromatic carbocycles. The number of aromatic nitrogens is 2. The molecule has 0 aliphatic carbocycles. The molecule has 3 nitrogen and oxygen atoms in total. The van der Waals surface area contributed by atoms with Crippen LogP contribution in [0.5, 0.6) is 0 Å². The van der Waals surface area contributed by atoms with Crippen molar-refractivity contribution in [2.75, 3.05) is 0 Å². The lowest BCUT2D eigenvalue weighted by atomic mass is 10.1.